The van der Waals surface area contributed by atoms with Gasteiger partial charge in [0.1, 0.15) is 0 Å². The van der Waals surface area contributed by atoms with Crippen LogP contribution in [0, 0.1) is 5.41 Å². The van der Waals surface area contributed by atoms with E-state index in [-0.39, 0.29) is 27.6 Å². The normalized spacial score (nSPS) is 15.8. The summed E-state index contributed by atoms with van der Waals surface area (Å²) in [6.07, 6.45) is 0. The number of furan rings is 2. The maximum atomic E-state index is 11.7. The lowest BCUT2D eigenvalue weighted by molar-refractivity contribution is -0.160. The van der Waals surface area contributed by atoms with Crippen molar-refractivity contribution in [2.45, 2.75) is 25.7 Å². The molecule has 0 saturated heterocycles. The molecule has 2 aliphatic heterocycles. The zero-order valence-electron chi connectivity index (χ0n) is 12.0. The van der Waals surface area contributed by atoms with Crippen molar-refractivity contribution < 1.29 is 36.1 Å². The standard InChI is InChI=1S/C13H12O8S/c1-13(2,3)12(15)18-5-8(14)20-11-9-6-4-7(10(11)19-6)22(16,17)21-9/h4H,5H2,1-3H3. The van der Waals surface area contributed by atoms with E-state index in [9.17, 15) is 18.0 Å². The Labute approximate surface area is 125 Å². The largest absolute Gasteiger partial charge is 0.453 e. The molecule has 0 radical (unpaired) electrons. The SMILES string of the molecule is CC(C)(C)C(=O)OCC(=O)Oc1c2c3cc(c1o3)S(=O)(=O)O2. The first kappa shape index (κ1) is 14.6. The fraction of sp³-hybridized carbons (Fsp3) is 0.385. The van der Waals surface area contributed by atoms with Crippen LogP contribution < -0.4 is 8.92 Å². The Morgan fingerprint density at radius 2 is 1.95 bits per heavy atom. The average molecular weight is 328 g/mol. The molecular weight excluding hydrogens is 316 g/mol. The molecule has 118 valence electrons. The summed E-state index contributed by atoms with van der Waals surface area (Å²) in [5, 5.41) is 0. The van der Waals surface area contributed by atoms with Crippen LogP contribution in [0.1, 0.15) is 20.8 Å². The van der Waals surface area contributed by atoms with Gasteiger partial charge in [0.15, 0.2) is 22.7 Å². The summed E-state index contributed by atoms with van der Waals surface area (Å²) in [5.74, 6) is -1.70. The maximum absolute atomic E-state index is 11.7. The Morgan fingerprint density at radius 3 is 2.55 bits per heavy atom. The van der Waals surface area contributed by atoms with Gasteiger partial charge in [-0.1, -0.05) is 0 Å². The Morgan fingerprint density at radius 1 is 1.27 bits per heavy atom. The molecule has 8 nitrogen and oxygen atoms in total. The summed E-state index contributed by atoms with van der Waals surface area (Å²) in [4.78, 5) is 23.1. The highest BCUT2D eigenvalue weighted by molar-refractivity contribution is 7.87. The highest BCUT2D eigenvalue weighted by atomic mass is 32.2. The number of carbonyl (C=O) groups excluding carboxylic acids is 2. The summed E-state index contributed by atoms with van der Waals surface area (Å²) in [6, 6.07) is 1.29. The topological polar surface area (TPSA) is 109 Å². The lowest BCUT2D eigenvalue weighted by Gasteiger charge is -2.16. The molecule has 0 amide bonds. The van der Waals surface area contributed by atoms with Crippen LogP contribution in [0.2, 0.25) is 0 Å². The number of rotatable bonds is 3. The van der Waals surface area contributed by atoms with Gasteiger partial charge in [-0.05, 0) is 20.8 Å². The van der Waals surface area contributed by atoms with Crippen molar-refractivity contribution in [2.24, 2.45) is 5.41 Å². The van der Waals surface area contributed by atoms with Gasteiger partial charge in [0, 0.05) is 6.07 Å². The molecule has 9 heteroatoms. The van der Waals surface area contributed by atoms with E-state index < -0.39 is 34.1 Å². The molecule has 2 aromatic heterocycles. The van der Waals surface area contributed by atoms with Crippen LogP contribution in [0.25, 0.3) is 11.2 Å². The Balaban J connectivity index is 1.73. The number of carbonyl (C=O) groups is 2. The van der Waals surface area contributed by atoms with Gasteiger partial charge >= 0.3 is 22.1 Å². The third kappa shape index (κ3) is 2.17. The summed E-state index contributed by atoms with van der Waals surface area (Å²) < 4.78 is 42.9. The molecule has 2 aromatic rings. The first-order valence-electron chi connectivity index (χ1n) is 6.31. The zero-order valence-corrected chi connectivity index (χ0v) is 12.8. The Bertz CT molecular complexity index is 868. The smallest absolute Gasteiger partial charge is 0.349 e. The maximum Gasteiger partial charge on any atom is 0.349 e. The molecule has 22 heavy (non-hydrogen) atoms. The van der Waals surface area contributed by atoms with Gasteiger partial charge in [-0.2, -0.15) is 8.42 Å². The van der Waals surface area contributed by atoms with E-state index in [1.54, 1.807) is 20.8 Å². The molecule has 0 fully saturated rings. The molecule has 0 atom stereocenters. The van der Waals surface area contributed by atoms with Crippen molar-refractivity contribution in [3.8, 4) is 11.5 Å². The van der Waals surface area contributed by atoms with Gasteiger partial charge in [0.2, 0.25) is 11.5 Å². The van der Waals surface area contributed by atoms with E-state index in [0.717, 1.165) is 0 Å². The first-order valence-corrected chi connectivity index (χ1v) is 7.71. The monoisotopic (exact) mass is 328 g/mol. The van der Waals surface area contributed by atoms with Gasteiger partial charge in [0.25, 0.3) is 0 Å². The van der Waals surface area contributed by atoms with E-state index in [2.05, 4.69) is 0 Å². The van der Waals surface area contributed by atoms with Gasteiger partial charge in [-0.15, -0.1) is 0 Å². The minimum Gasteiger partial charge on any atom is -0.453 e. The second kappa shape index (κ2) is 4.35. The number of esters is 2. The number of ether oxygens (including phenoxy) is 2. The fourth-order valence-electron chi connectivity index (χ4n) is 1.86. The van der Waals surface area contributed by atoms with Crippen molar-refractivity contribution in [1.29, 1.82) is 0 Å². The molecule has 0 aliphatic carbocycles. The molecular formula is C13H12O8S. The van der Waals surface area contributed by atoms with Crippen molar-refractivity contribution in [3.63, 3.8) is 0 Å². The number of hydrogen-bond donors (Lipinski definition) is 0. The van der Waals surface area contributed by atoms with Crippen LogP contribution >= 0.6 is 0 Å². The highest BCUT2D eigenvalue weighted by Crippen LogP contribution is 2.51. The molecule has 0 unspecified atom stereocenters. The highest BCUT2D eigenvalue weighted by Gasteiger charge is 2.40. The fourth-order valence-corrected chi connectivity index (χ4v) is 2.94. The van der Waals surface area contributed by atoms with Crippen LogP contribution in [0.15, 0.2) is 15.4 Å². The lowest BCUT2D eigenvalue weighted by atomic mass is 9.97. The minimum absolute atomic E-state index is 0.0771. The average Bonchev–Trinajstić information content (AvgIpc) is 2.92. The van der Waals surface area contributed by atoms with Crippen molar-refractivity contribution >= 4 is 33.2 Å². The summed E-state index contributed by atoms with van der Waals surface area (Å²) in [7, 11) is -3.90. The van der Waals surface area contributed by atoms with Crippen LogP contribution in [-0.4, -0.2) is 27.0 Å². The van der Waals surface area contributed by atoms with Gasteiger partial charge in [-0.3, -0.25) is 4.79 Å². The number of fused-ring (bicyclic) bond motifs is 1. The van der Waals surface area contributed by atoms with Crippen LogP contribution in [0.4, 0.5) is 0 Å². The summed E-state index contributed by atoms with van der Waals surface area (Å²) in [6.45, 7) is 4.34. The minimum atomic E-state index is -3.90. The predicted octanol–water partition coefficient (Wildman–Crippen LogP) is 1.45. The molecule has 0 N–H and O–H groups in total. The van der Waals surface area contributed by atoms with Crippen LogP contribution in [-0.2, 0) is 24.4 Å². The molecule has 0 aromatic carbocycles. The lowest BCUT2D eigenvalue weighted by Crippen LogP contribution is -2.27. The van der Waals surface area contributed by atoms with Crippen molar-refractivity contribution in [1.82, 2.24) is 0 Å². The molecule has 0 spiro atoms. The zero-order chi connectivity index (χ0) is 16.3. The van der Waals surface area contributed by atoms with E-state index in [0.29, 0.717) is 0 Å². The molecule has 0 saturated carbocycles. The third-order valence-electron chi connectivity index (χ3n) is 2.95. The Kier molecular flexibility index (Phi) is 2.90. The van der Waals surface area contributed by atoms with Gasteiger partial charge < -0.3 is 18.1 Å². The Hall–Kier alpha value is -2.29. The van der Waals surface area contributed by atoms with Crippen LogP contribution in [0.5, 0.6) is 11.5 Å². The van der Waals surface area contributed by atoms with Crippen LogP contribution in [0.3, 0.4) is 0 Å². The quantitative estimate of drug-likeness (QED) is 0.473. The number of benzene rings is 1. The molecule has 4 rings (SSSR count). The summed E-state index contributed by atoms with van der Waals surface area (Å²) >= 11 is 0. The van der Waals surface area contributed by atoms with E-state index in [1.807, 2.05) is 0 Å². The van der Waals surface area contributed by atoms with Gasteiger partial charge in [0.05, 0.1) is 5.41 Å². The van der Waals surface area contributed by atoms with Crippen molar-refractivity contribution in [3.05, 3.63) is 6.07 Å². The third-order valence-corrected chi connectivity index (χ3v) is 4.17. The molecule has 4 bridgehead atoms. The summed E-state index contributed by atoms with van der Waals surface area (Å²) in [5.41, 5.74) is -0.648. The van der Waals surface area contributed by atoms with E-state index in [4.69, 9.17) is 18.1 Å². The number of hydrogen-bond acceptors (Lipinski definition) is 8. The second-order valence-electron chi connectivity index (χ2n) is 5.80. The molecule has 2 aliphatic rings. The predicted molar refractivity (Wildman–Crippen MR) is 71.3 cm³/mol. The van der Waals surface area contributed by atoms with Gasteiger partial charge in [-0.25, -0.2) is 4.79 Å². The van der Waals surface area contributed by atoms with Crippen molar-refractivity contribution in [2.75, 3.05) is 6.61 Å². The van der Waals surface area contributed by atoms with E-state index >= 15 is 0 Å². The molecule has 4 heterocycles. The second-order valence-corrected chi connectivity index (χ2v) is 7.31. The van der Waals surface area contributed by atoms with E-state index in [1.165, 1.54) is 6.07 Å². The first-order chi connectivity index (χ1) is 10.1.